The number of methoxy groups -OCH3 is 3. The minimum absolute atomic E-state index is 0.0790. The molecule has 1 aromatic carbocycles. The summed E-state index contributed by atoms with van der Waals surface area (Å²) in [6.45, 7) is 1.93. The van der Waals surface area contributed by atoms with E-state index < -0.39 is 5.97 Å². The fourth-order valence-electron chi connectivity index (χ4n) is 2.33. The number of hydrogen-bond donors (Lipinski definition) is 1. The van der Waals surface area contributed by atoms with Crippen molar-refractivity contribution in [2.24, 2.45) is 0 Å². The number of hydrogen-bond acceptors (Lipinski definition) is 5. The van der Waals surface area contributed by atoms with E-state index in [1.54, 1.807) is 19.1 Å². The number of nitrogens with one attached hydrogen (secondary N) is 1. The number of carbonyl (C=O) groups is 1. The van der Waals surface area contributed by atoms with Crippen LogP contribution in [0.15, 0.2) is 12.1 Å². The van der Waals surface area contributed by atoms with Gasteiger partial charge in [0, 0.05) is 11.1 Å². The molecule has 0 saturated carbocycles. The van der Waals surface area contributed by atoms with Crippen LogP contribution in [0.2, 0.25) is 10.2 Å². The summed E-state index contributed by atoms with van der Waals surface area (Å²) < 4.78 is 21.0. The number of aromatic amines is 1. The van der Waals surface area contributed by atoms with Gasteiger partial charge in [-0.15, -0.1) is 0 Å². The third-order valence-electron chi connectivity index (χ3n) is 3.35. The smallest absolute Gasteiger partial charge is 0.356 e. The lowest BCUT2D eigenvalue weighted by molar-refractivity contribution is 0.0520. The highest BCUT2D eigenvalue weighted by molar-refractivity contribution is 6.41. The summed E-state index contributed by atoms with van der Waals surface area (Å²) in [6.07, 6.45) is 0. The van der Waals surface area contributed by atoms with Crippen molar-refractivity contribution in [1.29, 1.82) is 0 Å². The van der Waals surface area contributed by atoms with E-state index in [0.717, 1.165) is 0 Å². The highest BCUT2D eigenvalue weighted by atomic mass is 35.5. The van der Waals surface area contributed by atoms with Crippen LogP contribution < -0.4 is 14.2 Å². The molecule has 0 fully saturated rings. The van der Waals surface area contributed by atoms with Crippen molar-refractivity contribution in [3.63, 3.8) is 0 Å². The maximum atomic E-state index is 12.0. The summed E-state index contributed by atoms with van der Waals surface area (Å²) in [7, 11) is 4.50. The molecule has 0 amide bonds. The van der Waals surface area contributed by atoms with Gasteiger partial charge in [-0.25, -0.2) is 4.79 Å². The minimum Gasteiger partial charge on any atom is -0.493 e. The van der Waals surface area contributed by atoms with Crippen LogP contribution >= 0.6 is 23.2 Å². The molecule has 8 heteroatoms. The second-order valence-electron chi connectivity index (χ2n) is 4.61. The molecule has 130 valence electrons. The Morgan fingerprint density at radius 2 is 1.75 bits per heavy atom. The number of ether oxygens (including phenoxy) is 4. The first-order valence-corrected chi connectivity index (χ1v) is 7.79. The summed E-state index contributed by atoms with van der Waals surface area (Å²) in [6, 6.07) is 3.41. The summed E-state index contributed by atoms with van der Waals surface area (Å²) >= 11 is 12.6. The molecule has 1 aromatic heterocycles. The average Bonchev–Trinajstić information content (AvgIpc) is 2.88. The monoisotopic (exact) mass is 373 g/mol. The first-order valence-electron chi connectivity index (χ1n) is 7.03. The Morgan fingerprint density at radius 3 is 2.29 bits per heavy atom. The molecule has 2 rings (SSSR count). The molecular formula is C16H17Cl2NO5. The lowest BCUT2D eigenvalue weighted by atomic mass is 10.1. The van der Waals surface area contributed by atoms with Gasteiger partial charge in [0.2, 0.25) is 5.75 Å². The number of halogens is 2. The van der Waals surface area contributed by atoms with Gasteiger partial charge in [0.05, 0.1) is 33.0 Å². The van der Waals surface area contributed by atoms with E-state index in [1.807, 2.05) is 0 Å². The van der Waals surface area contributed by atoms with Crippen LogP contribution in [0.1, 0.15) is 17.4 Å². The van der Waals surface area contributed by atoms with Crippen molar-refractivity contribution in [2.75, 3.05) is 27.9 Å². The molecule has 0 saturated heterocycles. The third-order valence-corrected chi connectivity index (χ3v) is 4.01. The zero-order chi connectivity index (χ0) is 17.9. The Kier molecular flexibility index (Phi) is 5.85. The van der Waals surface area contributed by atoms with Gasteiger partial charge in [0.1, 0.15) is 10.8 Å². The quantitative estimate of drug-likeness (QED) is 0.768. The Labute approximate surface area is 149 Å². The molecule has 0 aliphatic heterocycles. The molecule has 0 aliphatic rings. The van der Waals surface area contributed by atoms with Crippen molar-refractivity contribution in [3.8, 4) is 28.4 Å². The first-order chi connectivity index (χ1) is 11.5. The van der Waals surface area contributed by atoms with Crippen molar-refractivity contribution >= 4 is 29.2 Å². The highest BCUT2D eigenvalue weighted by Crippen LogP contribution is 2.48. The molecule has 6 nitrogen and oxygen atoms in total. The molecule has 1 N–H and O–H groups in total. The Bertz CT molecular complexity index is 757. The Balaban J connectivity index is 2.67. The average molecular weight is 374 g/mol. The van der Waals surface area contributed by atoms with Gasteiger partial charge in [-0.1, -0.05) is 23.2 Å². The van der Waals surface area contributed by atoms with Crippen LogP contribution in [0.4, 0.5) is 0 Å². The zero-order valence-corrected chi connectivity index (χ0v) is 15.2. The molecule has 0 bridgehead atoms. The molecular weight excluding hydrogens is 357 g/mol. The van der Waals surface area contributed by atoms with Crippen molar-refractivity contribution in [3.05, 3.63) is 28.0 Å². The Hall–Kier alpha value is -2.05. The van der Waals surface area contributed by atoms with E-state index in [2.05, 4.69) is 4.98 Å². The van der Waals surface area contributed by atoms with E-state index in [-0.39, 0.29) is 22.5 Å². The molecule has 24 heavy (non-hydrogen) atoms. The molecule has 0 unspecified atom stereocenters. The van der Waals surface area contributed by atoms with E-state index in [1.165, 1.54) is 21.3 Å². The third kappa shape index (κ3) is 3.12. The van der Waals surface area contributed by atoms with Crippen LogP contribution in [0, 0.1) is 0 Å². The summed E-state index contributed by atoms with van der Waals surface area (Å²) in [5.74, 6) is 0.681. The van der Waals surface area contributed by atoms with E-state index in [9.17, 15) is 4.79 Å². The highest BCUT2D eigenvalue weighted by Gasteiger charge is 2.26. The minimum atomic E-state index is -0.588. The molecule has 2 aromatic rings. The lowest BCUT2D eigenvalue weighted by Gasteiger charge is -2.15. The molecule has 0 atom stereocenters. The summed E-state index contributed by atoms with van der Waals surface area (Å²) in [5.41, 5.74) is 1.05. The fourth-order valence-corrected chi connectivity index (χ4v) is 2.99. The van der Waals surface area contributed by atoms with Crippen LogP contribution in [0.5, 0.6) is 17.2 Å². The molecule has 0 radical (unpaired) electrons. The van der Waals surface area contributed by atoms with E-state index in [0.29, 0.717) is 28.4 Å². The van der Waals surface area contributed by atoms with Gasteiger partial charge in [0.15, 0.2) is 11.5 Å². The number of aromatic nitrogens is 1. The SMILES string of the molecule is CCOC(=O)c1[nH]c(Cl)c(-c2ccc(OC)c(OC)c2OC)c1Cl. The Morgan fingerprint density at radius 1 is 1.08 bits per heavy atom. The predicted molar refractivity (Wildman–Crippen MR) is 91.9 cm³/mol. The summed E-state index contributed by atoms with van der Waals surface area (Å²) in [4.78, 5) is 14.7. The van der Waals surface area contributed by atoms with Gasteiger partial charge in [-0.2, -0.15) is 0 Å². The number of H-pyrrole nitrogens is 1. The van der Waals surface area contributed by atoms with Gasteiger partial charge in [-0.3, -0.25) is 0 Å². The second-order valence-corrected chi connectivity index (χ2v) is 5.36. The maximum Gasteiger partial charge on any atom is 0.356 e. The summed E-state index contributed by atoms with van der Waals surface area (Å²) in [5, 5.41) is 0.331. The van der Waals surface area contributed by atoms with Gasteiger partial charge in [-0.05, 0) is 19.1 Å². The van der Waals surface area contributed by atoms with Gasteiger partial charge in [0.25, 0.3) is 0 Å². The standard InChI is InChI=1S/C16H17Cl2NO5/c1-5-24-16(20)12-11(17)10(15(18)19-12)8-6-7-9(21-2)14(23-4)13(8)22-3/h6-7,19H,5H2,1-4H3. The molecule has 0 spiro atoms. The van der Waals surface area contributed by atoms with Crippen LogP contribution in [0.3, 0.4) is 0 Å². The largest absolute Gasteiger partial charge is 0.493 e. The van der Waals surface area contributed by atoms with Crippen LogP contribution in [-0.2, 0) is 4.74 Å². The number of esters is 1. The van der Waals surface area contributed by atoms with Crippen molar-refractivity contribution < 1.29 is 23.7 Å². The van der Waals surface area contributed by atoms with Gasteiger partial charge >= 0.3 is 5.97 Å². The zero-order valence-electron chi connectivity index (χ0n) is 13.7. The first kappa shape index (κ1) is 18.3. The van der Waals surface area contributed by atoms with E-state index in [4.69, 9.17) is 42.1 Å². The van der Waals surface area contributed by atoms with Crippen molar-refractivity contribution in [1.82, 2.24) is 4.98 Å². The molecule has 1 heterocycles. The lowest BCUT2D eigenvalue weighted by Crippen LogP contribution is -2.05. The van der Waals surface area contributed by atoms with Gasteiger partial charge < -0.3 is 23.9 Å². The molecule has 0 aliphatic carbocycles. The normalized spacial score (nSPS) is 10.4. The van der Waals surface area contributed by atoms with Crippen molar-refractivity contribution in [2.45, 2.75) is 6.92 Å². The topological polar surface area (TPSA) is 69.8 Å². The number of carbonyl (C=O) groups excluding carboxylic acids is 1. The maximum absolute atomic E-state index is 12.0. The van der Waals surface area contributed by atoms with Crippen LogP contribution in [-0.4, -0.2) is 38.9 Å². The van der Waals surface area contributed by atoms with Crippen LogP contribution in [0.25, 0.3) is 11.1 Å². The number of benzene rings is 1. The van der Waals surface area contributed by atoms with E-state index >= 15 is 0 Å². The number of rotatable bonds is 6. The second kappa shape index (κ2) is 7.68. The predicted octanol–water partition coefficient (Wildman–Crippen LogP) is 4.19. The fraction of sp³-hybridized carbons (Fsp3) is 0.312.